The number of methoxy groups -OCH3 is 1. The molecule has 0 spiro atoms. The number of nitrogens with one attached hydrogen (secondary N) is 1. The fourth-order valence-corrected chi connectivity index (χ4v) is 2.56. The van der Waals surface area contributed by atoms with Crippen LogP contribution < -0.4 is 10.1 Å². The maximum Gasteiger partial charge on any atom is 0.411 e. The fraction of sp³-hybridized carbons (Fsp3) is 0.300. The highest BCUT2D eigenvalue weighted by molar-refractivity contribution is 5.95. The Morgan fingerprint density at radius 3 is 2.42 bits per heavy atom. The van der Waals surface area contributed by atoms with Crippen molar-refractivity contribution in [2.45, 2.75) is 20.4 Å². The Kier molecular flexibility index (Phi) is 6.60. The molecule has 0 aliphatic rings. The second kappa shape index (κ2) is 8.89. The molecule has 0 saturated carbocycles. The molecule has 0 aliphatic carbocycles. The summed E-state index contributed by atoms with van der Waals surface area (Å²) in [5.74, 6) is 0.639. The molecule has 6 nitrogen and oxygen atoms in total. The number of rotatable bonds is 6. The van der Waals surface area contributed by atoms with Crippen molar-refractivity contribution >= 4 is 17.7 Å². The third-order valence-electron chi connectivity index (χ3n) is 3.84. The summed E-state index contributed by atoms with van der Waals surface area (Å²) in [5.41, 5.74) is 3.16. The molecular formula is C20H24N2O4. The Bertz CT molecular complexity index is 772. The highest BCUT2D eigenvalue weighted by atomic mass is 16.5. The summed E-state index contributed by atoms with van der Waals surface area (Å²) >= 11 is 0. The zero-order chi connectivity index (χ0) is 19.1. The number of nitrogens with zero attached hydrogens (tertiary/aromatic N) is 1. The van der Waals surface area contributed by atoms with Crippen molar-refractivity contribution in [2.75, 3.05) is 26.1 Å². The quantitative estimate of drug-likeness (QED) is 0.854. The molecule has 0 heterocycles. The minimum atomic E-state index is -0.518. The van der Waals surface area contributed by atoms with Crippen molar-refractivity contribution in [1.29, 1.82) is 0 Å². The van der Waals surface area contributed by atoms with Crippen LogP contribution >= 0.6 is 0 Å². The lowest BCUT2D eigenvalue weighted by Crippen LogP contribution is -2.26. The van der Waals surface area contributed by atoms with Gasteiger partial charge in [-0.2, -0.15) is 0 Å². The normalized spacial score (nSPS) is 10.2. The van der Waals surface area contributed by atoms with Gasteiger partial charge in [0.1, 0.15) is 5.75 Å². The highest BCUT2D eigenvalue weighted by Crippen LogP contribution is 2.22. The average molecular weight is 356 g/mol. The van der Waals surface area contributed by atoms with Crippen molar-refractivity contribution in [2.24, 2.45) is 0 Å². The van der Waals surface area contributed by atoms with Crippen LogP contribution in [0.4, 0.5) is 10.5 Å². The summed E-state index contributed by atoms with van der Waals surface area (Å²) in [6, 6.07) is 12.6. The molecule has 0 bridgehead atoms. The number of carbonyl (C=O) groups is 2. The molecule has 6 heteroatoms. The Balaban J connectivity index is 2.06. The van der Waals surface area contributed by atoms with E-state index in [1.807, 2.05) is 25.1 Å². The van der Waals surface area contributed by atoms with Crippen LogP contribution in [0.1, 0.15) is 28.4 Å². The molecule has 2 rings (SSSR count). The summed E-state index contributed by atoms with van der Waals surface area (Å²) in [4.78, 5) is 25.7. The van der Waals surface area contributed by atoms with Crippen LogP contribution in [0, 0.1) is 6.92 Å². The minimum absolute atomic E-state index is 0.115. The maximum absolute atomic E-state index is 12.6. The van der Waals surface area contributed by atoms with E-state index in [0.29, 0.717) is 24.4 Å². The lowest BCUT2D eigenvalue weighted by atomic mass is 10.1. The largest absolute Gasteiger partial charge is 0.496 e. The fourth-order valence-electron chi connectivity index (χ4n) is 2.56. The molecule has 2 amide bonds. The van der Waals surface area contributed by atoms with E-state index in [0.717, 1.165) is 16.9 Å². The zero-order valence-electron chi connectivity index (χ0n) is 15.5. The van der Waals surface area contributed by atoms with E-state index >= 15 is 0 Å². The molecular weight excluding hydrogens is 332 g/mol. The van der Waals surface area contributed by atoms with E-state index in [1.54, 1.807) is 50.2 Å². The Morgan fingerprint density at radius 1 is 1.12 bits per heavy atom. The van der Waals surface area contributed by atoms with E-state index in [2.05, 4.69) is 5.32 Å². The molecule has 26 heavy (non-hydrogen) atoms. The molecule has 0 unspecified atom stereocenters. The summed E-state index contributed by atoms with van der Waals surface area (Å²) in [6.45, 7) is 4.47. The van der Waals surface area contributed by atoms with Gasteiger partial charge in [0.05, 0.1) is 13.7 Å². The van der Waals surface area contributed by atoms with Crippen molar-refractivity contribution in [3.05, 3.63) is 59.2 Å². The van der Waals surface area contributed by atoms with Gasteiger partial charge in [0.2, 0.25) is 0 Å². The van der Waals surface area contributed by atoms with Gasteiger partial charge in [-0.15, -0.1) is 0 Å². The van der Waals surface area contributed by atoms with E-state index in [-0.39, 0.29) is 5.91 Å². The van der Waals surface area contributed by atoms with Crippen molar-refractivity contribution in [1.82, 2.24) is 4.90 Å². The Hall–Kier alpha value is -3.02. The monoisotopic (exact) mass is 356 g/mol. The summed E-state index contributed by atoms with van der Waals surface area (Å²) in [5, 5.41) is 2.60. The van der Waals surface area contributed by atoms with Crippen LogP contribution in [0.15, 0.2) is 42.5 Å². The molecule has 0 aromatic heterocycles. The molecule has 0 fully saturated rings. The second-order valence-electron chi connectivity index (χ2n) is 5.90. The first-order chi connectivity index (χ1) is 12.4. The molecule has 0 atom stereocenters. The van der Waals surface area contributed by atoms with Crippen LogP contribution in [0.3, 0.4) is 0 Å². The van der Waals surface area contributed by atoms with Crippen molar-refractivity contribution < 1.29 is 19.1 Å². The van der Waals surface area contributed by atoms with Crippen LogP contribution in [0.2, 0.25) is 0 Å². The van der Waals surface area contributed by atoms with Gasteiger partial charge in [-0.3, -0.25) is 10.1 Å². The van der Waals surface area contributed by atoms with E-state index in [1.165, 1.54) is 0 Å². The highest BCUT2D eigenvalue weighted by Gasteiger charge is 2.14. The first kappa shape index (κ1) is 19.3. The molecule has 1 N–H and O–H groups in total. The first-order valence-corrected chi connectivity index (χ1v) is 8.37. The van der Waals surface area contributed by atoms with Gasteiger partial charge in [-0.25, -0.2) is 4.79 Å². The second-order valence-corrected chi connectivity index (χ2v) is 5.90. The maximum atomic E-state index is 12.6. The number of ether oxygens (including phenoxy) is 2. The van der Waals surface area contributed by atoms with Gasteiger partial charge in [-0.1, -0.05) is 17.7 Å². The number of amides is 2. The standard InChI is InChI=1S/C20H24N2O4/c1-5-26-20(24)21-17-9-7-15(8-10-17)19(23)22(3)13-16-12-14(2)6-11-18(16)25-4/h6-12H,5,13H2,1-4H3,(H,21,24). The third-order valence-corrected chi connectivity index (χ3v) is 3.84. The SMILES string of the molecule is CCOC(=O)Nc1ccc(C(=O)N(C)Cc2cc(C)ccc2OC)cc1. The van der Waals surface area contributed by atoms with Crippen molar-refractivity contribution in [3.63, 3.8) is 0 Å². The third kappa shape index (κ3) is 4.99. The molecule has 2 aromatic carbocycles. The summed E-state index contributed by atoms with van der Waals surface area (Å²) < 4.78 is 10.2. The predicted octanol–water partition coefficient (Wildman–Crippen LogP) is 3.84. The average Bonchev–Trinajstić information content (AvgIpc) is 2.62. The Morgan fingerprint density at radius 2 is 1.81 bits per heavy atom. The van der Waals surface area contributed by atoms with Crippen LogP contribution in [0.5, 0.6) is 5.75 Å². The summed E-state index contributed by atoms with van der Waals surface area (Å²) in [6.07, 6.45) is -0.518. The number of hydrogen-bond acceptors (Lipinski definition) is 4. The van der Waals surface area contributed by atoms with Crippen LogP contribution in [-0.4, -0.2) is 37.7 Å². The number of aryl methyl sites for hydroxylation is 1. The molecule has 2 aromatic rings. The van der Waals surface area contributed by atoms with Gasteiger partial charge >= 0.3 is 6.09 Å². The zero-order valence-corrected chi connectivity index (χ0v) is 15.5. The van der Waals surface area contributed by atoms with Gasteiger partial charge < -0.3 is 14.4 Å². The van der Waals surface area contributed by atoms with E-state index in [9.17, 15) is 9.59 Å². The van der Waals surface area contributed by atoms with E-state index < -0.39 is 6.09 Å². The minimum Gasteiger partial charge on any atom is -0.496 e. The number of hydrogen-bond donors (Lipinski definition) is 1. The van der Waals surface area contributed by atoms with Crippen LogP contribution in [0.25, 0.3) is 0 Å². The predicted molar refractivity (Wildman–Crippen MR) is 101 cm³/mol. The van der Waals surface area contributed by atoms with Crippen LogP contribution in [-0.2, 0) is 11.3 Å². The molecule has 0 aliphatic heterocycles. The number of benzene rings is 2. The van der Waals surface area contributed by atoms with Gasteiger partial charge in [-0.05, 0) is 44.2 Å². The number of carbonyl (C=O) groups excluding carboxylic acids is 2. The molecule has 0 radical (unpaired) electrons. The van der Waals surface area contributed by atoms with Gasteiger partial charge in [0.25, 0.3) is 5.91 Å². The summed E-state index contributed by atoms with van der Waals surface area (Å²) in [7, 11) is 3.36. The Labute approximate surface area is 153 Å². The van der Waals surface area contributed by atoms with Gasteiger partial charge in [0, 0.05) is 30.4 Å². The number of anilines is 1. The molecule has 138 valence electrons. The lowest BCUT2D eigenvalue weighted by molar-refractivity contribution is 0.0784. The van der Waals surface area contributed by atoms with Gasteiger partial charge in [0.15, 0.2) is 0 Å². The molecule has 0 saturated heterocycles. The van der Waals surface area contributed by atoms with Crippen molar-refractivity contribution in [3.8, 4) is 5.75 Å². The first-order valence-electron chi connectivity index (χ1n) is 8.37. The topological polar surface area (TPSA) is 67.9 Å². The lowest BCUT2D eigenvalue weighted by Gasteiger charge is -2.19. The smallest absolute Gasteiger partial charge is 0.411 e. The van der Waals surface area contributed by atoms with E-state index in [4.69, 9.17) is 9.47 Å².